The molecule has 1 amide bonds. The average molecular weight is 340 g/mol. The monoisotopic (exact) mass is 340 g/mol. The van der Waals surface area contributed by atoms with Gasteiger partial charge < -0.3 is 20.1 Å². The third kappa shape index (κ3) is 4.06. The van der Waals surface area contributed by atoms with Crippen molar-refractivity contribution in [2.24, 2.45) is 0 Å². The van der Waals surface area contributed by atoms with Crippen molar-refractivity contribution in [2.45, 2.75) is 19.8 Å². The van der Waals surface area contributed by atoms with Gasteiger partial charge in [0.2, 0.25) is 5.82 Å². The van der Waals surface area contributed by atoms with Crippen LogP contribution in [0.5, 0.6) is 11.5 Å². The van der Waals surface area contributed by atoms with E-state index in [-0.39, 0.29) is 17.5 Å². The molecule has 0 spiro atoms. The Morgan fingerprint density at radius 2 is 2.12 bits per heavy atom. The van der Waals surface area contributed by atoms with E-state index in [2.05, 4.69) is 27.2 Å². The Kier molecular flexibility index (Phi) is 5.13. The zero-order valence-electron chi connectivity index (χ0n) is 14.0. The molecule has 2 heterocycles. The van der Waals surface area contributed by atoms with Crippen LogP contribution < -0.4 is 10.1 Å². The molecule has 7 nitrogen and oxygen atoms in total. The predicted molar refractivity (Wildman–Crippen MR) is 93.8 cm³/mol. The number of hydrogen-bond donors (Lipinski definition) is 3. The number of aromatic amines is 1. The fraction of sp³-hybridized carbons (Fsp3) is 0.278. The lowest BCUT2D eigenvalue weighted by Gasteiger charge is -2.06. The van der Waals surface area contributed by atoms with E-state index in [1.54, 1.807) is 0 Å². The number of H-pyrrole nitrogens is 1. The molecule has 0 aliphatic heterocycles. The number of benzene rings is 1. The number of fused-ring (bicyclic) bond motifs is 1. The number of nitrogens with zero attached hydrogens (tertiary/aromatic N) is 2. The lowest BCUT2D eigenvalue weighted by atomic mass is 10.1. The van der Waals surface area contributed by atoms with E-state index in [0.29, 0.717) is 19.6 Å². The highest BCUT2D eigenvalue weighted by Crippen LogP contribution is 2.24. The summed E-state index contributed by atoms with van der Waals surface area (Å²) >= 11 is 0. The van der Waals surface area contributed by atoms with Crippen molar-refractivity contribution >= 4 is 16.8 Å². The SMILES string of the molecule is CCCOc1ccc2[nH]cc(CCNC(=O)c3ncc(O)cn3)c2c1. The molecule has 0 fully saturated rings. The van der Waals surface area contributed by atoms with Crippen LogP contribution in [-0.4, -0.2) is 39.1 Å². The lowest BCUT2D eigenvalue weighted by molar-refractivity contribution is 0.0943. The number of amides is 1. The van der Waals surface area contributed by atoms with Crippen LogP contribution in [0.3, 0.4) is 0 Å². The molecule has 3 N–H and O–H groups in total. The number of aromatic nitrogens is 3. The van der Waals surface area contributed by atoms with Gasteiger partial charge >= 0.3 is 0 Å². The second-order valence-corrected chi connectivity index (χ2v) is 5.64. The van der Waals surface area contributed by atoms with Crippen molar-refractivity contribution in [3.05, 3.63) is 48.2 Å². The van der Waals surface area contributed by atoms with Crippen LogP contribution in [0.1, 0.15) is 29.5 Å². The molecule has 1 aromatic carbocycles. The quantitative estimate of drug-likeness (QED) is 0.613. The molecule has 7 heteroatoms. The molecule has 0 bridgehead atoms. The topological polar surface area (TPSA) is 100 Å². The molecular formula is C18H20N4O3. The third-order valence-electron chi connectivity index (χ3n) is 3.73. The summed E-state index contributed by atoms with van der Waals surface area (Å²) in [5.41, 5.74) is 2.14. The van der Waals surface area contributed by atoms with Crippen molar-refractivity contribution in [3.8, 4) is 11.5 Å². The van der Waals surface area contributed by atoms with Crippen LogP contribution >= 0.6 is 0 Å². The maximum Gasteiger partial charge on any atom is 0.289 e. The molecule has 3 rings (SSSR count). The van der Waals surface area contributed by atoms with Gasteiger partial charge in [-0.2, -0.15) is 0 Å². The summed E-state index contributed by atoms with van der Waals surface area (Å²) in [6.07, 6.45) is 5.96. The Morgan fingerprint density at radius 3 is 2.88 bits per heavy atom. The van der Waals surface area contributed by atoms with Crippen LogP contribution in [0.15, 0.2) is 36.8 Å². The largest absolute Gasteiger partial charge is 0.505 e. The molecule has 25 heavy (non-hydrogen) atoms. The van der Waals surface area contributed by atoms with E-state index >= 15 is 0 Å². The number of ether oxygens (including phenoxy) is 1. The van der Waals surface area contributed by atoms with Gasteiger partial charge in [0.1, 0.15) is 5.75 Å². The van der Waals surface area contributed by atoms with Gasteiger partial charge in [-0.05, 0) is 36.6 Å². The third-order valence-corrected chi connectivity index (χ3v) is 3.73. The van der Waals surface area contributed by atoms with Crippen LogP contribution in [-0.2, 0) is 6.42 Å². The molecule has 0 radical (unpaired) electrons. The van der Waals surface area contributed by atoms with Crippen molar-refractivity contribution < 1.29 is 14.6 Å². The number of rotatable bonds is 7. The maximum atomic E-state index is 12.0. The van der Waals surface area contributed by atoms with Crippen molar-refractivity contribution in [1.82, 2.24) is 20.3 Å². The zero-order valence-corrected chi connectivity index (χ0v) is 14.0. The molecule has 2 aromatic heterocycles. The van der Waals surface area contributed by atoms with E-state index in [1.807, 2.05) is 24.4 Å². The first-order valence-corrected chi connectivity index (χ1v) is 8.19. The van der Waals surface area contributed by atoms with Gasteiger partial charge in [-0.3, -0.25) is 4.79 Å². The van der Waals surface area contributed by atoms with E-state index < -0.39 is 0 Å². The fourth-order valence-electron chi connectivity index (χ4n) is 2.50. The van der Waals surface area contributed by atoms with Gasteiger partial charge in [0.05, 0.1) is 19.0 Å². The van der Waals surface area contributed by atoms with Gasteiger partial charge in [0.25, 0.3) is 5.91 Å². The van der Waals surface area contributed by atoms with Gasteiger partial charge in [-0.15, -0.1) is 0 Å². The molecule has 0 aliphatic carbocycles. The molecule has 0 unspecified atom stereocenters. The summed E-state index contributed by atoms with van der Waals surface area (Å²) in [6, 6.07) is 5.95. The molecule has 0 atom stereocenters. The van der Waals surface area contributed by atoms with Crippen molar-refractivity contribution in [3.63, 3.8) is 0 Å². The highest BCUT2D eigenvalue weighted by molar-refractivity contribution is 5.90. The summed E-state index contributed by atoms with van der Waals surface area (Å²) in [4.78, 5) is 22.8. The second kappa shape index (κ2) is 7.65. The van der Waals surface area contributed by atoms with Gasteiger partial charge in [-0.1, -0.05) is 6.92 Å². The van der Waals surface area contributed by atoms with Gasteiger partial charge in [0.15, 0.2) is 5.75 Å². The first-order chi connectivity index (χ1) is 12.2. The van der Waals surface area contributed by atoms with Crippen LogP contribution in [0, 0.1) is 0 Å². The Labute approximate surface area is 145 Å². The number of hydrogen-bond acceptors (Lipinski definition) is 5. The normalized spacial score (nSPS) is 10.8. The van der Waals surface area contributed by atoms with E-state index in [9.17, 15) is 4.79 Å². The Balaban J connectivity index is 1.62. The maximum absolute atomic E-state index is 12.0. The molecular weight excluding hydrogens is 320 g/mol. The Hall–Kier alpha value is -3.09. The Morgan fingerprint density at radius 1 is 1.32 bits per heavy atom. The Bertz CT molecular complexity index is 858. The van der Waals surface area contributed by atoms with Crippen molar-refractivity contribution in [2.75, 3.05) is 13.2 Å². The van der Waals surface area contributed by atoms with E-state index in [0.717, 1.165) is 28.6 Å². The molecule has 0 aliphatic rings. The van der Waals surface area contributed by atoms with Gasteiger partial charge in [-0.25, -0.2) is 9.97 Å². The van der Waals surface area contributed by atoms with Crippen LogP contribution in [0.25, 0.3) is 10.9 Å². The molecule has 130 valence electrons. The summed E-state index contributed by atoms with van der Waals surface area (Å²) in [7, 11) is 0. The number of carbonyl (C=O) groups excluding carboxylic acids is 1. The van der Waals surface area contributed by atoms with Gasteiger partial charge in [0, 0.05) is 23.6 Å². The number of aromatic hydroxyl groups is 1. The molecule has 0 saturated heterocycles. The fourth-order valence-corrected chi connectivity index (χ4v) is 2.50. The standard InChI is InChI=1S/C18H20N4O3/c1-2-7-25-14-3-4-16-15(8-14)12(9-20-16)5-6-19-18(24)17-21-10-13(23)11-22-17/h3-4,8-11,20,23H,2,5-7H2,1H3,(H,19,24). The second-order valence-electron chi connectivity index (χ2n) is 5.64. The highest BCUT2D eigenvalue weighted by Gasteiger charge is 2.10. The lowest BCUT2D eigenvalue weighted by Crippen LogP contribution is -2.27. The first-order valence-electron chi connectivity index (χ1n) is 8.19. The van der Waals surface area contributed by atoms with E-state index in [1.165, 1.54) is 12.4 Å². The number of nitrogens with one attached hydrogen (secondary N) is 2. The summed E-state index contributed by atoms with van der Waals surface area (Å²) < 4.78 is 5.68. The first kappa shape index (κ1) is 16.8. The highest BCUT2D eigenvalue weighted by atomic mass is 16.5. The summed E-state index contributed by atoms with van der Waals surface area (Å²) in [6.45, 7) is 3.21. The number of carbonyl (C=O) groups is 1. The van der Waals surface area contributed by atoms with Crippen LogP contribution in [0.4, 0.5) is 0 Å². The van der Waals surface area contributed by atoms with Crippen molar-refractivity contribution in [1.29, 1.82) is 0 Å². The van der Waals surface area contributed by atoms with Crippen LogP contribution in [0.2, 0.25) is 0 Å². The summed E-state index contributed by atoms with van der Waals surface area (Å²) in [5.74, 6) is 0.437. The summed E-state index contributed by atoms with van der Waals surface area (Å²) in [5, 5.41) is 13.0. The molecule has 3 aromatic rings. The zero-order chi connectivity index (χ0) is 17.6. The minimum absolute atomic E-state index is 0.0342. The smallest absolute Gasteiger partial charge is 0.289 e. The average Bonchev–Trinajstić information content (AvgIpc) is 3.03. The van der Waals surface area contributed by atoms with E-state index in [4.69, 9.17) is 9.84 Å². The minimum Gasteiger partial charge on any atom is -0.505 e. The molecule has 0 saturated carbocycles. The predicted octanol–water partition coefficient (Wildman–Crippen LogP) is 2.42. The minimum atomic E-state index is -0.369.